The molecule has 0 aromatic heterocycles. The van der Waals surface area contributed by atoms with Crippen molar-refractivity contribution in [3.8, 4) is 0 Å². The van der Waals surface area contributed by atoms with Crippen molar-refractivity contribution >= 4 is 20.1 Å². The van der Waals surface area contributed by atoms with Crippen LogP contribution in [-0.2, 0) is 0 Å². The molecular formula is C7H11FNP. The maximum Gasteiger partial charge on any atom is 0.146 e. The highest BCUT2D eigenvalue weighted by Gasteiger charge is 2.14. The third-order valence-electron chi connectivity index (χ3n) is 1.86. The smallest absolute Gasteiger partial charge is 0.146 e. The van der Waals surface area contributed by atoms with Crippen LogP contribution in [0.5, 0.6) is 0 Å². The average Bonchev–Trinajstić information content (AvgIpc) is 1.96. The molecule has 1 aliphatic heterocycles. The molecule has 0 saturated carbocycles. The summed E-state index contributed by atoms with van der Waals surface area (Å²) in [4.78, 5) is 0. The zero-order valence-corrected chi connectivity index (χ0v) is 7.11. The monoisotopic (exact) mass is 159 g/mol. The topological polar surface area (TPSA) is 12.4 Å². The third-order valence-corrected chi connectivity index (χ3v) is 2.50. The minimum absolute atomic E-state index is 0.00639. The van der Waals surface area contributed by atoms with E-state index in [-0.39, 0.29) is 5.55 Å². The van der Waals surface area contributed by atoms with Gasteiger partial charge < -0.3 is 0 Å². The summed E-state index contributed by atoms with van der Waals surface area (Å²) in [5.41, 5.74) is -0.00639. The molecule has 1 heterocycles. The van der Waals surface area contributed by atoms with E-state index >= 15 is 0 Å². The van der Waals surface area contributed by atoms with Gasteiger partial charge in [0.1, 0.15) is 5.55 Å². The summed E-state index contributed by atoms with van der Waals surface area (Å²) in [5.74, 6) is 0.819. The Bertz CT molecular complexity index is 176. The van der Waals surface area contributed by atoms with Crippen LogP contribution in [0, 0.1) is 11.8 Å². The normalized spacial score (nSPS) is 34.9. The Morgan fingerprint density at radius 3 is 3.10 bits per heavy atom. The first kappa shape index (κ1) is 7.87. The second kappa shape index (κ2) is 3.25. The van der Waals surface area contributed by atoms with Crippen molar-refractivity contribution in [1.29, 1.82) is 0 Å². The number of hydrogen-bond acceptors (Lipinski definition) is 1. The summed E-state index contributed by atoms with van der Waals surface area (Å²) in [6.45, 7) is 4.12. The fraction of sp³-hybridized carbons (Fsp3) is 0.714. The van der Waals surface area contributed by atoms with Gasteiger partial charge in [-0.05, 0) is 11.8 Å². The summed E-state index contributed by atoms with van der Waals surface area (Å²) in [6.07, 6.45) is 2.42. The average molecular weight is 159 g/mol. The van der Waals surface area contributed by atoms with Crippen LogP contribution in [0.4, 0.5) is 4.39 Å². The number of rotatable bonds is 0. The molecule has 0 aromatic carbocycles. The summed E-state index contributed by atoms with van der Waals surface area (Å²) in [6, 6.07) is 0. The van der Waals surface area contributed by atoms with Crippen LogP contribution in [0.3, 0.4) is 0 Å². The van der Waals surface area contributed by atoms with Gasteiger partial charge in [0.2, 0.25) is 0 Å². The van der Waals surface area contributed by atoms with E-state index in [4.69, 9.17) is 0 Å². The van der Waals surface area contributed by atoms with E-state index in [0.29, 0.717) is 26.6 Å². The van der Waals surface area contributed by atoms with Gasteiger partial charge in [-0.2, -0.15) is 0 Å². The van der Waals surface area contributed by atoms with Crippen molar-refractivity contribution in [2.75, 3.05) is 0 Å². The molecule has 1 aliphatic rings. The number of nitrogens with zero attached hydrogens (tertiary/aromatic N) is 1. The van der Waals surface area contributed by atoms with Gasteiger partial charge in [0.15, 0.2) is 0 Å². The van der Waals surface area contributed by atoms with Gasteiger partial charge in [-0.15, -0.1) is 0 Å². The summed E-state index contributed by atoms with van der Waals surface area (Å²) < 4.78 is 16.6. The van der Waals surface area contributed by atoms with Crippen LogP contribution in [-0.4, -0.2) is 11.8 Å². The van der Waals surface area contributed by atoms with E-state index in [0.717, 1.165) is 0 Å². The Morgan fingerprint density at radius 1 is 1.70 bits per heavy atom. The van der Waals surface area contributed by atoms with E-state index in [1.54, 1.807) is 0 Å². The van der Waals surface area contributed by atoms with Crippen LogP contribution in [0.15, 0.2) is 4.76 Å². The van der Waals surface area contributed by atoms with E-state index < -0.39 is 0 Å². The lowest BCUT2D eigenvalue weighted by molar-refractivity contribution is 0.499. The molecule has 0 bridgehead atoms. The molecule has 0 fully saturated rings. The Hall–Kier alpha value is -0.230. The van der Waals surface area contributed by atoms with Crippen molar-refractivity contribution in [3.63, 3.8) is 0 Å². The van der Waals surface area contributed by atoms with Gasteiger partial charge >= 0.3 is 0 Å². The van der Waals surface area contributed by atoms with Gasteiger partial charge in [-0.1, -0.05) is 13.8 Å². The molecule has 0 aliphatic carbocycles. The maximum atomic E-state index is 12.7. The molecule has 0 aromatic rings. The van der Waals surface area contributed by atoms with Gasteiger partial charge in [-0.3, -0.25) is 0 Å². The highest BCUT2D eigenvalue weighted by Crippen LogP contribution is 2.22. The predicted octanol–water partition coefficient (Wildman–Crippen LogP) is 2.69. The highest BCUT2D eigenvalue weighted by atomic mass is 31.1. The second-order valence-electron chi connectivity index (χ2n) is 2.78. The Kier molecular flexibility index (Phi) is 2.56. The molecule has 1 unspecified atom stereocenters. The zero-order valence-electron chi connectivity index (χ0n) is 6.21. The van der Waals surface area contributed by atoms with Gasteiger partial charge in [0.25, 0.3) is 0 Å². The molecule has 56 valence electrons. The highest BCUT2D eigenvalue weighted by molar-refractivity contribution is 7.38. The Balaban J connectivity index is 2.67. The van der Waals surface area contributed by atoms with Crippen LogP contribution in [0.1, 0.15) is 20.3 Å². The third kappa shape index (κ3) is 1.88. The van der Waals surface area contributed by atoms with E-state index in [1.165, 1.54) is 0 Å². The first-order valence-electron chi connectivity index (χ1n) is 3.45. The molecule has 3 heteroatoms. The zero-order chi connectivity index (χ0) is 7.56. The van der Waals surface area contributed by atoms with Gasteiger partial charge in [0.05, 0.1) is 8.35 Å². The lowest BCUT2D eigenvalue weighted by Gasteiger charge is -2.11. The predicted molar refractivity (Wildman–Crippen MR) is 44.5 cm³/mol. The quantitative estimate of drug-likeness (QED) is 0.482. The fourth-order valence-corrected chi connectivity index (χ4v) is 1.61. The molecule has 0 saturated heterocycles. The van der Waals surface area contributed by atoms with Gasteiger partial charge in [0, 0.05) is 12.6 Å². The van der Waals surface area contributed by atoms with E-state index in [1.807, 2.05) is 6.21 Å². The molecule has 0 spiro atoms. The first-order valence-corrected chi connectivity index (χ1v) is 4.30. The molecule has 0 N–H and O–H groups in total. The van der Waals surface area contributed by atoms with Crippen molar-refractivity contribution in [2.45, 2.75) is 20.3 Å². The van der Waals surface area contributed by atoms with Crippen LogP contribution in [0.25, 0.3) is 0 Å². The summed E-state index contributed by atoms with van der Waals surface area (Å²) in [5, 5.41) is 0. The minimum Gasteiger partial charge on any atom is -0.237 e. The Labute approximate surface area is 62.2 Å². The molecule has 1 rings (SSSR count). The number of hydrogen-bond donors (Lipinski definition) is 0. The molecular weight excluding hydrogens is 148 g/mol. The fourth-order valence-electron chi connectivity index (χ4n) is 0.840. The van der Waals surface area contributed by atoms with Crippen molar-refractivity contribution in [3.05, 3.63) is 0 Å². The van der Waals surface area contributed by atoms with Crippen molar-refractivity contribution in [2.24, 2.45) is 16.6 Å². The van der Waals surface area contributed by atoms with Crippen LogP contribution >= 0.6 is 8.35 Å². The molecule has 0 amide bonds. The second-order valence-corrected chi connectivity index (χ2v) is 3.70. The van der Waals surface area contributed by atoms with Gasteiger partial charge in [-0.25, -0.2) is 9.15 Å². The minimum atomic E-state index is -0.00639. The number of halogens is 1. The SMILES string of the molecule is CC1CC(F)=PN=C[C@@H]1C. The maximum absolute atomic E-state index is 12.7. The lowest BCUT2D eigenvalue weighted by Crippen LogP contribution is -2.09. The lowest BCUT2D eigenvalue weighted by atomic mass is 9.95. The summed E-state index contributed by atoms with van der Waals surface area (Å²) in [7, 11) is 0.513. The summed E-state index contributed by atoms with van der Waals surface area (Å²) >= 11 is 0. The largest absolute Gasteiger partial charge is 0.237 e. The molecule has 1 nitrogen and oxygen atoms in total. The Morgan fingerprint density at radius 2 is 2.40 bits per heavy atom. The van der Waals surface area contributed by atoms with E-state index in [9.17, 15) is 4.39 Å². The molecule has 2 atom stereocenters. The van der Waals surface area contributed by atoms with Crippen LogP contribution < -0.4 is 0 Å². The van der Waals surface area contributed by atoms with Crippen LogP contribution in [0.2, 0.25) is 0 Å². The first-order chi connectivity index (χ1) is 4.70. The van der Waals surface area contributed by atoms with Crippen molar-refractivity contribution in [1.82, 2.24) is 0 Å². The molecule has 10 heavy (non-hydrogen) atoms. The molecule has 0 radical (unpaired) electrons. The standard InChI is InChI=1S/C7H11FNP/c1-5-3-7(8)10-9-4-6(5)2/h4-6H,3H2,1-2H3/t5?,6-/m0/s1. The van der Waals surface area contributed by atoms with Crippen molar-refractivity contribution < 1.29 is 4.39 Å². The van der Waals surface area contributed by atoms with E-state index in [2.05, 4.69) is 18.6 Å².